The van der Waals surface area contributed by atoms with E-state index in [9.17, 15) is 4.79 Å². The lowest BCUT2D eigenvalue weighted by atomic mass is 9.92. The standard InChI is InChI=1S/C9H18N2O/c1-3-10-7-9(12)11(2)8-5-4-6-8/h8,10H,3-7H2,1-2H3. The van der Waals surface area contributed by atoms with Crippen LogP contribution >= 0.6 is 0 Å². The van der Waals surface area contributed by atoms with Gasteiger partial charge in [-0.25, -0.2) is 0 Å². The Morgan fingerprint density at radius 2 is 2.25 bits per heavy atom. The maximum atomic E-state index is 11.4. The largest absolute Gasteiger partial charge is 0.342 e. The molecule has 1 fully saturated rings. The zero-order valence-corrected chi connectivity index (χ0v) is 7.97. The average Bonchev–Trinajstić information content (AvgIpc) is 1.96. The van der Waals surface area contributed by atoms with Crippen molar-refractivity contribution in [3.63, 3.8) is 0 Å². The fraction of sp³-hybridized carbons (Fsp3) is 0.889. The van der Waals surface area contributed by atoms with Crippen molar-refractivity contribution in [1.82, 2.24) is 10.2 Å². The first-order valence-electron chi connectivity index (χ1n) is 4.72. The Labute approximate surface area is 74.1 Å². The zero-order chi connectivity index (χ0) is 8.97. The number of carbonyl (C=O) groups is 1. The molecule has 0 bridgehead atoms. The molecule has 0 spiro atoms. The normalized spacial score (nSPS) is 17.2. The molecule has 1 N–H and O–H groups in total. The fourth-order valence-electron chi connectivity index (χ4n) is 1.33. The highest BCUT2D eigenvalue weighted by atomic mass is 16.2. The predicted molar refractivity (Wildman–Crippen MR) is 49.0 cm³/mol. The van der Waals surface area contributed by atoms with E-state index in [0.717, 1.165) is 6.54 Å². The van der Waals surface area contributed by atoms with Gasteiger partial charge in [-0.3, -0.25) is 4.79 Å². The Morgan fingerprint density at radius 3 is 2.67 bits per heavy atom. The summed E-state index contributed by atoms with van der Waals surface area (Å²) >= 11 is 0. The van der Waals surface area contributed by atoms with Crippen molar-refractivity contribution in [3.05, 3.63) is 0 Å². The molecule has 1 aliphatic rings. The Morgan fingerprint density at radius 1 is 1.58 bits per heavy atom. The van der Waals surface area contributed by atoms with Crippen LogP contribution in [0.25, 0.3) is 0 Å². The molecule has 0 heterocycles. The van der Waals surface area contributed by atoms with Gasteiger partial charge < -0.3 is 10.2 Å². The fourth-order valence-corrected chi connectivity index (χ4v) is 1.33. The van der Waals surface area contributed by atoms with Gasteiger partial charge in [-0.15, -0.1) is 0 Å². The van der Waals surface area contributed by atoms with E-state index >= 15 is 0 Å². The van der Waals surface area contributed by atoms with Crippen LogP contribution in [0.1, 0.15) is 26.2 Å². The maximum absolute atomic E-state index is 11.4. The summed E-state index contributed by atoms with van der Waals surface area (Å²) in [5.41, 5.74) is 0. The first-order valence-corrected chi connectivity index (χ1v) is 4.72. The minimum atomic E-state index is 0.224. The molecule has 12 heavy (non-hydrogen) atoms. The molecule has 0 atom stereocenters. The van der Waals surface area contributed by atoms with Crippen LogP contribution in [-0.2, 0) is 4.79 Å². The topological polar surface area (TPSA) is 32.3 Å². The van der Waals surface area contributed by atoms with Crippen molar-refractivity contribution in [1.29, 1.82) is 0 Å². The second-order valence-electron chi connectivity index (χ2n) is 3.37. The number of nitrogens with one attached hydrogen (secondary N) is 1. The van der Waals surface area contributed by atoms with Crippen LogP contribution in [0.5, 0.6) is 0 Å². The third kappa shape index (κ3) is 2.21. The summed E-state index contributed by atoms with van der Waals surface area (Å²) in [6, 6.07) is 0.524. The van der Waals surface area contributed by atoms with E-state index in [1.165, 1.54) is 19.3 Å². The van der Waals surface area contributed by atoms with Gasteiger partial charge in [0, 0.05) is 13.1 Å². The molecule has 0 unspecified atom stereocenters. The van der Waals surface area contributed by atoms with Crippen LogP contribution in [0.2, 0.25) is 0 Å². The summed E-state index contributed by atoms with van der Waals surface area (Å²) in [6.45, 7) is 3.37. The molecular formula is C9H18N2O. The van der Waals surface area contributed by atoms with Gasteiger partial charge in [0.1, 0.15) is 0 Å². The number of carbonyl (C=O) groups excluding carboxylic acids is 1. The van der Waals surface area contributed by atoms with Gasteiger partial charge in [0.25, 0.3) is 0 Å². The van der Waals surface area contributed by atoms with E-state index in [1.807, 2.05) is 18.9 Å². The van der Waals surface area contributed by atoms with Gasteiger partial charge in [-0.1, -0.05) is 6.92 Å². The minimum absolute atomic E-state index is 0.224. The van der Waals surface area contributed by atoms with Gasteiger partial charge in [-0.2, -0.15) is 0 Å². The van der Waals surface area contributed by atoms with Crippen LogP contribution in [0.4, 0.5) is 0 Å². The van der Waals surface area contributed by atoms with Gasteiger partial charge in [-0.05, 0) is 25.8 Å². The summed E-state index contributed by atoms with van der Waals surface area (Å²) in [5, 5.41) is 3.04. The quantitative estimate of drug-likeness (QED) is 0.670. The second-order valence-corrected chi connectivity index (χ2v) is 3.37. The van der Waals surface area contributed by atoms with Crippen molar-refractivity contribution >= 4 is 5.91 Å². The smallest absolute Gasteiger partial charge is 0.236 e. The number of amides is 1. The molecule has 70 valence electrons. The lowest BCUT2D eigenvalue weighted by molar-refractivity contribution is -0.132. The van der Waals surface area contributed by atoms with Crippen molar-refractivity contribution in [3.8, 4) is 0 Å². The van der Waals surface area contributed by atoms with E-state index in [2.05, 4.69) is 5.32 Å². The molecule has 1 saturated carbocycles. The number of nitrogens with zero attached hydrogens (tertiary/aromatic N) is 1. The maximum Gasteiger partial charge on any atom is 0.236 e. The Hall–Kier alpha value is -0.570. The van der Waals surface area contributed by atoms with Crippen LogP contribution in [0.3, 0.4) is 0 Å². The molecule has 1 aliphatic carbocycles. The summed E-state index contributed by atoms with van der Waals surface area (Å²) in [7, 11) is 1.91. The third-order valence-electron chi connectivity index (χ3n) is 2.54. The zero-order valence-electron chi connectivity index (χ0n) is 7.97. The SMILES string of the molecule is CCNCC(=O)N(C)C1CCC1. The highest BCUT2D eigenvalue weighted by Gasteiger charge is 2.24. The molecule has 0 aromatic heterocycles. The first-order chi connectivity index (χ1) is 5.75. The molecule has 3 heteroatoms. The molecular weight excluding hydrogens is 152 g/mol. The van der Waals surface area contributed by atoms with Gasteiger partial charge in [0.05, 0.1) is 6.54 Å². The summed E-state index contributed by atoms with van der Waals surface area (Å²) in [4.78, 5) is 13.3. The average molecular weight is 170 g/mol. The van der Waals surface area contributed by atoms with Crippen LogP contribution in [0, 0.1) is 0 Å². The molecule has 0 aliphatic heterocycles. The van der Waals surface area contributed by atoms with Crippen LogP contribution in [-0.4, -0.2) is 37.0 Å². The van der Waals surface area contributed by atoms with E-state index < -0.39 is 0 Å². The molecule has 1 amide bonds. The Bertz CT molecular complexity index is 155. The van der Waals surface area contributed by atoms with Crippen molar-refractivity contribution < 1.29 is 4.79 Å². The van der Waals surface area contributed by atoms with Crippen molar-refractivity contribution in [2.75, 3.05) is 20.1 Å². The molecule has 0 saturated heterocycles. The first kappa shape index (κ1) is 9.52. The van der Waals surface area contributed by atoms with E-state index in [-0.39, 0.29) is 5.91 Å². The monoisotopic (exact) mass is 170 g/mol. The Kier molecular flexibility index (Phi) is 3.53. The lowest BCUT2D eigenvalue weighted by Crippen LogP contribution is -2.45. The van der Waals surface area contributed by atoms with E-state index in [1.54, 1.807) is 0 Å². The lowest BCUT2D eigenvalue weighted by Gasteiger charge is -2.34. The second kappa shape index (κ2) is 4.45. The summed E-state index contributed by atoms with van der Waals surface area (Å²) < 4.78 is 0. The Balaban J connectivity index is 2.20. The highest BCUT2D eigenvalue weighted by Crippen LogP contribution is 2.23. The number of rotatable bonds is 4. The van der Waals surface area contributed by atoms with E-state index in [4.69, 9.17) is 0 Å². The molecule has 1 rings (SSSR count). The number of hydrogen-bond donors (Lipinski definition) is 1. The summed E-state index contributed by atoms with van der Waals surface area (Å²) in [6.07, 6.45) is 3.66. The number of hydrogen-bond acceptors (Lipinski definition) is 2. The van der Waals surface area contributed by atoms with Crippen LogP contribution in [0.15, 0.2) is 0 Å². The summed E-state index contributed by atoms with van der Waals surface area (Å²) in [5.74, 6) is 0.224. The molecule has 0 aromatic rings. The predicted octanol–water partition coefficient (Wildman–Crippen LogP) is 0.607. The van der Waals surface area contributed by atoms with Gasteiger partial charge >= 0.3 is 0 Å². The molecule has 0 radical (unpaired) electrons. The van der Waals surface area contributed by atoms with Gasteiger partial charge in [0.15, 0.2) is 0 Å². The third-order valence-corrected chi connectivity index (χ3v) is 2.54. The minimum Gasteiger partial charge on any atom is -0.342 e. The van der Waals surface area contributed by atoms with Crippen molar-refractivity contribution in [2.45, 2.75) is 32.2 Å². The molecule has 0 aromatic carbocycles. The molecule has 3 nitrogen and oxygen atoms in total. The highest BCUT2D eigenvalue weighted by molar-refractivity contribution is 5.78. The van der Waals surface area contributed by atoms with Crippen LogP contribution < -0.4 is 5.32 Å². The van der Waals surface area contributed by atoms with E-state index in [0.29, 0.717) is 12.6 Å². The van der Waals surface area contributed by atoms with Gasteiger partial charge in [0.2, 0.25) is 5.91 Å². The number of likely N-dealkylation sites (N-methyl/N-ethyl adjacent to an activating group) is 2. The van der Waals surface area contributed by atoms with Crippen molar-refractivity contribution in [2.24, 2.45) is 0 Å².